The Bertz CT molecular complexity index is 627. The van der Waals surface area contributed by atoms with Crippen LogP contribution in [0.1, 0.15) is 5.56 Å². The number of aliphatic hydroxyl groups is 2. The lowest BCUT2D eigenvalue weighted by atomic mass is 9.93. The van der Waals surface area contributed by atoms with Crippen LogP contribution in [0.15, 0.2) is 30.0 Å². The SMILES string of the molecule is COc1ccc(C2=C(O)C(O)(C(F)(F)F)C(=O)N(C)N2)cc1. The number of alkyl halides is 3. The Labute approximate surface area is 123 Å². The molecule has 0 bridgehead atoms. The van der Waals surface area contributed by atoms with Gasteiger partial charge in [0.05, 0.1) is 7.11 Å². The first-order valence-corrected chi connectivity index (χ1v) is 6.05. The Morgan fingerprint density at radius 3 is 2.27 bits per heavy atom. The van der Waals surface area contributed by atoms with Gasteiger partial charge in [-0.3, -0.25) is 15.2 Å². The summed E-state index contributed by atoms with van der Waals surface area (Å²) < 4.78 is 44.1. The van der Waals surface area contributed by atoms with E-state index in [4.69, 9.17) is 4.74 Å². The molecule has 1 aliphatic rings. The number of hydrazine groups is 1. The van der Waals surface area contributed by atoms with E-state index in [0.717, 1.165) is 7.05 Å². The summed E-state index contributed by atoms with van der Waals surface area (Å²) in [6.45, 7) is 0. The monoisotopic (exact) mass is 318 g/mol. The molecular formula is C13H13F3N2O4. The summed E-state index contributed by atoms with van der Waals surface area (Å²) in [4.78, 5) is 11.7. The number of nitrogens with one attached hydrogen (secondary N) is 1. The van der Waals surface area contributed by atoms with Crippen LogP contribution >= 0.6 is 0 Å². The molecule has 1 amide bonds. The van der Waals surface area contributed by atoms with Gasteiger partial charge in [0.2, 0.25) is 0 Å². The summed E-state index contributed by atoms with van der Waals surface area (Å²) >= 11 is 0. The van der Waals surface area contributed by atoms with Crippen molar-refractivity contribution < 1.29 is 32.9 Å². The van der Waals surface area contributed by atoms with Crippen molar-refractivity contribution >= 4 is 11.6 Å². The van der Waals surface area contributed by atoms with Crippen LogP contribution in [0.5, 0.6) is 5.75 Å². The van der Waals surface area contributed by atoms with Crippen molar-refractivity contribution in [1.82, 2.24) is 10.4 Å². The van der Waals surface area contributed by atoms with E-state index in [-0.39, 0.29) is 5.56 Å². The van der Waals surface area contributed by atoms with Crippen LogP contribution in [0, 0.1) is 0 Å². The fourth-order valence-electron chi connectivity index (χ4n) is 2.01. The van der Waals surface area contributed by atoms with E-state index in [9.17, 15) is 28.2 Å². The Kier molecular flexibility index (Phi) is 3.69. The number of likely N-dealkylation sites (N-methyl/N-ethyl adjacent to an activating group) is 1. The van der Waals surface area contributed by atoms with Gasteiger partial charge in [-0.05, 0) is 24.3 Å². The fourth-order valence-corrected chi connectivity index (χ4v) is 2.01. The molecule has 2 rings (SSSR count). The van der Waals surface area contributed by atoms with E-state index in [1.807, 2.05) is 0 Å². The summed E-state index contributed by atoms with van der Waals surface area (Å²) in [6, 6.07) is 5.66. The van der Waals surface area contributed by atoms with Crippen LogP contribution in [0.3, 0.4) is 0 Å². The first-order chi connectivity index (χ1) is 10.1. The number of aliphatic hydroxyl groups excluding tert-OH is 1. The van der Waals surface area contributed by atoms with Gasteiger partial charge in [0.1, 0.15) is 11.4 Å². The zero-order valence-corrected chi connectivity index (χ0v) is 11.6. The van der Waals surface area contributed by atoms with Gasteiger partial charge in [0.15, 0.2) is 5.76 Å². The van der Waals surface area contributed by atoms with Crippen LogP contribution in [-0.4, -0.2) is 47.1 Å². The van der Waals surface area contributed by atoms with E-state index < -0.39 is 29.1 Å². The zero-order chi connectivity index (χ0) is 16.7. The summed E-state index contributed by atoms with van der Waals surface area (Å²) in [7, 11) is 2.43. The molecule has 9 heteroatoms. The maximum Gasteiger partial charge on any atom is 0.434 e. The third kappa shape index (κ3) is 2.23. The number of hydrogen-bond donors (Lipinski definition) is 3. The van der Waals surface area contributed by atoms with Gasteiger partial charge < -0.3 is 14.9 Å². The predicted octanol–water partition coefficient (Wildman–Crippen LogP) is 1.19. The predicted molar refractivity (Wildman–Crippen MR) is 69.5 cm³/mol. The van der Waals surface area contributed by atoms with Crippen molar-refractivity contribution in [3.8, 4) is 5.75 Å². The summed E-state index contributed by atoms with van der Waals surface area (Å²) in [5.41, 5.74) is -1.98. The van der Waals surface area contributed by atoms with E-state index in [0.29, 0.717) is 10.8 Å². The Balaban J connectivity index is 2.60. The highest BCUT2D eigenvalue weighted by Gasteiger charge is 2.66. The quantitative estimate of drug-likeness (QED) is 0.763. The van der Waals surface area contributed by atoms with Crippen LogP contribution in [-0.2, 0) is 4.79 Å². The van der Waals surface area contributed by atoms with Gasteiger partial charge in [-0.1, -0.05) is 0 Å². The van der Waals surface area contributed by atoms with Gasteiger partial charge in [0, 0.05) is 12.6 Å². The lowest BCUT2D eigenvalue weighted by molar-refractivity contribution is -0.253. The number of benzene rings is 1. The van der Waals surface area contributed by atoms with Gasteiger partial charge in [-0.25, -0.2) is 0 Å². The molecule has 0 fully saturated rings. The minimum atomic E-state index is -5.37. The molecule has 1 atom stereocenters. The highest BCUT2D eigenvalue weighted by atomic mass is 19.4. The number of ether oxygens (including phenoxy) is 1. The molecule has 120 valence electrons. The highest BCUT2D eigenvalue weighted by Crippen LogP contribution is 2.41. The number of halogens is 3. The second-order valence-electron chi connectivity index (χ2n) is 4.64. The second kappa shape index (κ2) is 5.09. The third-order valence-corrected chi connectivity index (χ3v) is 3.26. The fraction of sp³-hybridized carbons (Fsp3) is 0.308. The topological polar surface area (TPSA) is 82.0 Å². The Morgan fingerprint density at radius 2 is 1.82 bits per heavy atom. The van der Waals surface area contributed by atoms with Crippen molar-refractivity contribution in [2.75, 3.05) is 14.2 Å². The zero-order valence-electron chi connectivity index (χ0n) is 11.6. The molecule has 22 heavy (non-hydrogen) atoms. The third-order valence-electron chi connectivity index (χ3n) is 3.26. The van der Waals surface area contributed by atoms with Crippen molar-refractivity contribution in [2.45, 2.75) is 11.8 Å². The van der Waals surface area contributed by atoms with Crippen LogP contribution in [0.4, 0.5) is 13.2 Å². The molecule has 3 N–H and O–H groups in total. The molecule has 0 saturated carbocycles. The minimum absolute atomic E-state index is 0.139. The van der Waals surface area contributed by atoms with Crippen LogP contribution < -0.4 is 10.2 Å². The minimum Gasteiger partial charge on any atom is -0.506 e. The van der Waals surface area contributed by atoms with Gasteiger partial charge >= 0.3 is 11.8 Å². The van der Waals surface area contributed by atoms with E-state index >= 15 is 0 Å². The smallest absolute Gasteiger partial charge is 0.434 e. The van der Waals surface area contributed by atoms with Gasteiger partial charge in [-0.15, -0.1) is 0 Å². The van der Waals surface area contributed by atoms with E-state index in [1.165, 1.54) is 31.4 Å². The first-order valence-electron chi connectivity index (χ1n) is 6.05. The largest absolute Gasteiger partial charge is 0.506 e. The number of carbonyl (C=O) groups is 1. The summed E-state index contributed by atoms with van der Waals surface area (Å²) in [6.07, 6.45) is -5.37. The molecule has 1 aromatic rings. The molecule has 0 saturated heterocycles. The first kappa shape index (κ1) is 16.0. The molecule has 1 aliphatic heterocycles. The summed E-state index contributed by atoms with van der Waals surface area (Å²) in [5.74, 6) is -2.78. The molecule has 1 unspecified atom stereocenters. The normalized spacial score (nSPS) is 22.6. The number of carbonyl (C=O) groups excluding carboxylic acids is 1. The Hall–Kier alpha value is -2.42. The average Bonchev–Trinajstić information content (AvgIpc) is 2.48. The highest BCUT2D eigenvalue weighted by molar-refractivity contribution is 5.94. The van der Waals surface area contributed by atoms with Crippen LogP contribution in [0.25, 0.3) is 5.70 Å². The second-order valence-corrected chi connectivity index (χ2v) is 4.64. The van der Waals surface area contributed by atoms with E-state index in [2.05, 4.69) is 5.43 Å². The van der Waals surface area contributed by atoms with Crippen molar-refractivity contribution in [1.29, 1.82) is 0 Å². The molecule has 0 spiro atoms. The molecule has 1 heterocycles. The number of amides is 1. The summed E-state index contributed by atoms with van der Waals surface area (Å²) in [5, 5.41) is 20.1. The van der Waals surface area contributed by atoms with Crippen LogP contribution in [0.2, 0.25) is 0 Å². The molecule has 0 radical (unpaired) electrons. The molecule has 1 aromatic carbocycles. The van der Waals surface area contributed by atoms with Crippen molar-refractivity contribution in [2.24, 2.45) is 0 Å². The lowest BCUT2D eigenvalue weighted by Gasteiger charge is -2.38. The number of rotatable bonds is 2. The van der Waals surface area contributed by atoms with Gasteiger partial charge in [-0.2, -0.15) is 13.2 Å². The average molecular weight is 318 g/mol. The molecule has 0 aliphatic carbocycles. The molecule has 6 nitrogen and oxygen atoms in total. The van der Waals surface area contributed by atoms with E-state index in [1.54, 1.807) is 0 Å². The Morgan fingerprint density at radius 1 is 1.27 bits per heavy atom. The standard InChI is InChI=1S/C13H13F3N2O4/c1-18-11(20)12(21,13(14,15)16)10(19)9(17-18)7-3-5-8(22-2)6-4-7/h3-6,17,19,21H,1-2H3. The number of hydrogen-bond acceptors (Lipinski definition) is 5. The maximum absolute atomic E-state index is 13.1. The number of methoxy groups -OCH3 is 1. The van der Waals surface area contributed by atoms with Crippen molar-refractivity contribution in [3.05, 3.63) is 35.6 Å². The lowest BCUT2D eigenvalue weighted by Crippen LogP contribution is -2.64. The number of nitrogens with zero attached hydrogens (tertiary/aromatic N) is 1. The maximum atomic E-state index is 13.1. The molecular weight excluding hydrogens is 305 g/mol. The van der Waals surface area contributed by atoms with Crippen molar-refractivity contribution in [3.63, 3.8) is 0 Å². The van der Waals surface area contributed by atoms with Gasteiger partial charge in [0.25, 0.3) is 5.91 Å². The molecule has 0 aromatic heterocycles.